The van der Waals surface area contributed by atoms with Gasteiger partial charge in [0, 0.05) is 19.2 Å². The normalized spacial score (nSPS) is 11.1. The smallest absolute Gasteiger partial charge is 0.229 e. The highest BCUT2D eigenvalue weighted by Gasteiger charge is 2.17. The summed E-state index contributed by atoms with van der Waals surface area (Å²) in [5.41, 5.74) is 1.60. The van der Waals surface area contributed by atoms with Crippen LogP contribution in [-0.2, 0) is 4.79 Å². The molecular weight excluding hydrogens is 262 g/mol. The number of rotatable bonds is 1. The fraction of sp³-hybridized carbons (Fsp3) is 0.154. The van der Waals surface area contributed by atoms with Crippen molar-refractivity contribution in [3.63, 3.8) is 0 Å². The van der Waals surface area contributed by atoms with Gasteiger partial charge in [0.15, 0.2) is 5.13 Å². The average molecular weight is 273 g/mol. The molecule has 0 atom stereocenters. The zero-order valence-electron chi connectivity index (χ0n) is 10.4. The zero-order chi connectivity index (χ0) is 13.6. The van der Waals surface area contributed by atoms with Crippen LogP contribution < -0.4 is 5.32 Å². The van der Waals surface area contributed by atoms with Gasteiger partial charge in [-0.2, -0.15) is 0 Å². The lowest BCUT2D eigenvalue weighted by molar-refractivity contribution is -0.114. The Morgan fingerprint density at radius 1 is 1.26 bits per heavy atom. The molecule has 3 aromatic rings. The second-order valence-corrected chi connectivity index (χ2v) is 5.20. The highest BCUT2D eigenvalue weighted by molar-refractivity contribution is 7.22. The molecule has 0 saturated heterocycles. The number of aromatic nitrogens is 2. The molecule has 96 valence electrons. The standard InChI is InChI=1S/C13H11N3O2S/c1-7(17)14-13-15-11-9-5-3-4-6-10(9)16(8(2)18)12(11)19-13/h3-6H,1-2H3,(H,14,15,17). The van der Waals surface area contributed by atoms with Crippen molar-refractivity contribution in [3.05, 3.63) is 24.3 Å². The van der Waals surface area contributed by atoms with E-state index in [-0.39, 0.29) is 11.8 Å². The van der Waals surface area contributed by atoms with Crippen LogP contribution in [-0.4, -0.2) is 21.4 Å². The van der Waals surface area contributed by atoms with Crippen molar-refractivity contribution in [2.45, 2.75) is 13.8 Å². The van der Waals surface area contributed by atoms with Crippen LogP contribution in [0.2, 0.25) is 0 Å². The number of carbonyl (C=O) groups is 2. The van der Waals surface area contributed by atoms with Gasteiger partial charge in [0.2, 0.25) is 11.8 Å². The predicted molar refractivity (Wildman–Crippen MR) is 75.7 cm³/mol. The number of amides is 1. The molecule has 1 aromatic carbocycles. The van der Waals surface area contributed by atoms with Crippen molar-refractivity contribution in [2.24, 2.45) is 0 Å². The lowest BCUT2D eigenvalue weighted by Gasteiger charge is -1.99. The molecule has 0 bridgehead atoms. The van der Waals surface area contributed by atoms with Crippen LogP contribution in [0.5, 0.6) is 0 Å². The molecule has 0 radical (unpaired) electrons. The summed E-state index contributed by atoms with van der Waals surface area (Å²) in [6.45, 7) is 2.95. The highest BCUT2D eigenvalue weighted by Crippen LogP contribution is 2.34. The number of benzene rings is 1. The molecule has 19 heavy (non-hydrogen) atoms. The Labute approximate surface area is 112 Å². The summed E-state index contributed by atoms with van der Waals surface area (Å²) < 4.78 is 1.63. The summed E-state index contributed by atoms with van der Waals surface area (Å²) >= 11 is 1.31. The molecular formula is C13H11N3O2S. The molecule has 0 saturated carbocycles. The van der Waals surface area contributed by atoms with Crippen LogP contribution >= 0.6 is 11.3 Å². The van der Waals surface area contributed by atoms with Crippen molar-refractivity contribution < 1.29 is 9.59 Å². The Bertz CT molecular complexity index is 816. The van der Waals surface area contributed by atoms with E-state index in [2.05, 4.69) is 10.3 Å². The number of carbonyl (C=O) groups excluding carboxylic acids is 2. The van der Waals surface area contributed by atoms with Gasteiger partial charge in [-0.15, -0.1) is 0 Å². The topological polar surface area (TPSA) is 64.0 Å². The minimum Gasteiger partial charge on any atom is -0.302 e. The number of hydrogen-bond donors (Lipinski definition) is 1. The van der Waals surface area contributed by atoms with Crippen molar-refractivity contribution in [1.82, 2.24) is 9.55 Å². The SMILES string of the molecule is CC(=O)Nc1nc2c3ccccc3n(C(C)=O)c2s1. The van der Waals surface area contributed by atoms with E-state index in [4.69, 9.17) is 0 Å². The first-order valence-corrected chi connectivity index (χ1v) is 6.58. The summed E-state index contributed by atoms with van der Waals surface area (Å²) in [5.74, 6) is -0.237. The highest BCUT2D eigenvalue weighted by atomic mass is 32.1. The molecule has 1 N–H and O–H groups in total. The number of anilines is 1. The van der Waals surface area contributed by atoms with Crippen molar-refractivity contribution in [3.8, 4) is 0 Å². The monoisotopic (exact) mass is 273 g/mol. The van der Waals surface area contributed by atoms with Crippen LogP contribution in [0, 0.1) is 0 Å². The Morgan fingerprint density at radius 2 is 2.00 bits per heavy atom. The lowest BCUT2D eigenvalue weighted by atomic mass is 10.2. The van der Waals surface area contributed by atoms with E-state index >= 15 is 0 Å². The van der Waals surface area contributed by atoms with Crippen LogP contribution in [0.4, 0.5) is 5.13 Å². The third kappa shape index (κ3) is 1.80. The maximum Gasteiger partial charge on any atom is 0.229 e. The van der Waals surface area contributed by atoms with Crippen LogP contribution in [0.3, 0.4) is 0 Å². The number of thiazole rings is 1. The fourth-order valence-electron chi connectivity index (χ4n) is 2.13. The number of hydrogen-bond acceptors (Lipinski definition) is 4. The van der Waals surface area contributed by atoms with E-state index in [1.807, 2.05) is 24.3 Å². The van der Waals surface area contributed by atoms with Gasteiger partial charge < -0.3 is 5.32 Å². The van der Waals surface area contributed by atoms with Gasteiger partial charge in [0.1, 0.15) is 10.3 Å². The number of nitrogens with one attached hydrogen (secondary N) is 1. The molecule has 0 fully saturated rings. The maximum atomic E-state index is 11.8. The van der Waals surface area contributed by atoms with Crippen molar-refractivity contribution in [1.29, 1.82) is 0 Å². The van der Waals surface area contributed by atoms with Gasteiger partial charge in [-0.1, -0.05) is 29.5 Å². The molecule has 1 amide bonds. The van der Waals surface area contributed by atoms with Crippen molar-refractivity contribution in [2.75, 3.05) is 5.32 Å². The third-order valence-corrected chi connectivity index (χ3v) is 3.77. The van der Waals surface area contributed by atoms with Gasteiger partial charge in [-0.25, -0.2) is 4.98 Å². The largest absolute Gasteiger partial charge is 0.302 e. The van der Waals surface area contributed by atoms with E-state index in [0.717, 1.165) is 21.3 Å². The van der Waals surface area contributed by atoms with Gasteiger partial charge in [-0.05, 0) is 6.07 Å². The number of nitrogens with zero attached hydrogens (tertiary/aromatic N) is 2. The van der Waals surface area contributed by atoms with E-state index in [9.17, 15) is 9.59 Å². The first kappa shape index (κ1) is 11.9. The fourth-order valence-corrected chi connectivity index (χ4v) is 3.22. The Balaban J connectivity index is 2.36. The molecule has 0 aliphatic carbocycles. The quantitative estimate of drug-likeness (QED) is 0.741. The maximum absolute atomic E-state index is 11.8. The first-order chi connectivity index (χ1) is 9.08. The van der Waals surface area contributed by atoms with E-state index in [1.165, 1.54) is 25.2 Å². The molecule has 0 unspecified atom stereocenters. The second-order valence-electron chi connectivity index (χ2n) is 4.23. The molecule has 2 aromatic heterocycles. The minimum absolute atomic E-state index is 0.0655. The molecule has 5 nitrogen and oxygen atoms in total. The average Bonchev–Trinajstić information content (AvgIpc) is 2.83. The van der Waals surface area contributed by atoms with E-state index in [0.29, 0.717) is 5.13 Å². The third-order valence-electron chi connectivity index (χ3n) is 2.81. The van der Waals surface area contributed by atoms with Crippen LogP contribution in [0.15, 0.2) is 24.3 Å². The number of fused-ring (bicyclic) bond motifs is 3. The molecule has 0 aliphatic heterocycles. The summed E-state index contributed by atoms with van der Waals surface area (Å²) in [6, 6.07) is 7.61. The summed E-state index contributed by atoms with van der Waals surface area (Å²) in [4.78, 5) is 28.1. The Morgan fingerprint density at radius 3 is 2.68 bits per heavy atom. The van der Waals surface area contributed by atoms with E-state index < -0.39 is 0 Å². The van der Waals surface area contributed by atoms with Gasteiger partial charge in [0.05, 0.1) is 5.52 Å². The molecule has 0 spiro atoms. The second kappa shape index (κ2) is 4.17. The Kier molecular flexibility index (Phi) is 2.60. The first-order valence-electron chi connectivity index (χ1n) is 5.76. The predicted octanol–water partition coefficient (Wildman–Crippen LogP) is 2.87. The molecule has 2 heterocycles. The summed E-state index contributed by atoms with van der Waals surface area (Å²) in [5, 5.41) is 4.08. The van der Waals surface area contributed by atoms with Crippen LogP contribution in [0.1, 0.15) is 18.6 Å². The van der Waals surface area contributed by atoms with Crippen molar-refractivity contribution >= 4 is 49.5 Å². The molecule has 6 heteroatoms. The number of para-hydroxylation sites is 1. The Hall–Kier alpha value is -2.21. The van der Waals surface area contributed by atoms with Gasteiger partial charge in [0.25, 0.3) is 0 Å². The summed E-state index contributed by atoms with van der Waals surface area (Å²) in [6.07, 6.45) is 0. The minimum atomic E-state index is -0.171. The lowest BCUT2D eigenvalue weighted by Crippen LogP contribution is -2.05. The molecule has 3 rings (SSSR count). The van der Waals surface area contributed by atoms with Crippen LogP contribution in [0.25, 0.3) is 21.3 Å². The van der Waals surface area contributed by atoms with Gasteiger partial charge >= 0.3 is 0 Å². The van der Waals surface area contributed by atoms with Gasteiger partial charge in [-0.3, -0.25) is 14.2 Å². The summed E-state index contributed by atoms with van der Waals surface area (Å²) in [7, 11) is 0. The zero-order valence-corrected chi connectivity index (χ0v) is 11.2. The molecule has 0 aliphatic rings. The van der Waals surface area contributed by atoms with E-state index in [1.54, 1.807) is 4.57 Å².